The average Bonchev–Trinajstić information content (AvgIpc) is 3.13. The molecule has 2 amide bonds. The van der Waals surface area contributed by atoms with Crippen molar-refractivity contribution in [2.45, 2.75) is 46.2 Å². The van der Waals surface area contributed by atoms with E-state index in [4.69, 9.17) is 0 Å². The molecule has 0 aromatic carbocycles. The lowest BCUT2D eigenvalue weighted by Crippen LogP contribution is -2.38. The molecular formula is C15H22N4OS2. The van der Waals surface area contributed by atoms with Crippen LogP contribution in [0.5, 0.6) is 0 Å². The average molecular weight is 339 g/mol. The highest BCUT2D eigenvalue weighted by molar-refractivity contribution is 7.11. The van der Waals surface area contributed by atoms with Crippen LogP contribution in [0.3, 0.4) is 0 Å². The lowest BCUT2D eigenvalue weighted by Gasteiger charge is -2.21. The van der Waals surface area contributed by atoms with Crippen LogP contribution in [0.4, 0.5) is 4.79 Å². The van der Waals surface area contributed by atoms with Crippen LogP contribution in [0.2, 0.25) is 0 Å². The second-order valence-electron chi connectivity index (χ2n) is 5.17. The van der Waals surface area contributed by atoms with E-state index in [9.17, 15) is 4.79 Å². The number of carbonyl (C=O) groups is 1. The lowest BCUT2D eigenvalue weighted by molar-refractivity contribution is 0.202. The molecule has 2 aromatic rings. The number of carbonyl (C=O) groups excluding carboxylic acids is 1. The van der Waals surface area contributed by atoms with Crippen LogP contribution in [-0.4, -0.2) is 27.9 Å². The Morgan fingerprint density at radius 2 is 2.23 bits per heavy atom. The Morgan fingerprint density at radius 1 is 1.45 bits per heavy atom. The molecule has 0 aliphatic carbocycles. The summed E-state index contributed by atoms with van der Waals surface area (Å²) >= 11 is 3.25. The summed E-state index contributed by atoms with van der Waals surface area (Å²) in [6.07, 6.45) is 3.69. The van der Waals surface area contributed by atoms with Crippen LogP contribution >= 0.6 is 22.7 Å². The third-order valence-corrected chi connectivity index (χ3v) is 5.51. The van der Waals surface area contributed by atoms with Crippen molar-refractivity contribution < 1.29 is 4.79 Å². The highest BCUT2D eigenvalue weighted by atomic mass is 32.1. The minimum atomic E-state index is -0.0899. The Hall–Kier alpha value is -1.47. The van der Waals surface area contributed by atoms with Crippen LogP contribution < -0.4 is 5.32 Å². The summed E-state index contributed by atoms with van der Waals surface area (Å²) in [5.74, 6) is 0. The molecule has 7 heteroatoms. The number of amides is 2. The molecule has 2 rings (SSSR count). The van der Waals surface area contributed by atoms with Gasteiger partial charge in [-0.3, -0.25) is 0 Å². The molecule has 0 saturated carbocycles. The minimum absolute atomic E-state index is 0.0313. The number of nitrogens with zero attached hydrogens (tertiary/aromatic N) is 3. The molecule has 0 bridgehead atoms. The minimum Gasteiger partial charge on any atom is -0.329 e. The first kappa shape index (κ1) is 16.9. The fourth-order valence-corrected chi connectivity index (χ4v) is 3.84. The number of aromatic nitrogens is 2. The summed E-state index contributed by atoms with van der Waals surface area (Å²) in [4.78, 5) is 24.1. The number of urea groups is 1. The number of hydrogen-bond acceptors (Lipinski definition) is 5. The normalized spacial score (nSPS) is 12.2. The first-order chi connectivity index (χ1) is 10.5. The fraction of sp³-hybridized carbons (Fsp3) is 0.533. The highest BCUT2D eigenvalue weighted by Gasteiger charge is 2.19. The molecule has 1 atom stereocenters. The fourth-order valence-electron chi connectivity index (χ4n) is 1.99. The molecule has 0 unspecified atom stereocenters. The van der Waals surface area contributed by atoms with Crippen molar-refractivity contribution in [3.05, 3.63) is 32.2 Å². The monoisotopic (exact) mass is 338 g/mol. The number of hydrogen-bond donors (Lipinski definition) is 1. The zero-order chi connectivity index (χ0) is 16.1. The van der Waals surface area contributed by atoms with Gasteiger partial charge in [0.1, 0.15) is 10.0 Å². The van der Waals surface area contributed by atoms with Crippen molar-refractivity contribution in [2.24, 2.45) is 0 Å². The molecule has 0 fully saturated rings. The zero-order valence-corrected chi connectivity index (χ0v) is 15.1. The van der Waals surface area contributed by atoms with Gasteiger partial charge in [0.25, 0.3) is 0 Å². The predicted octanol–water partition coefficient (Wildman–Crippen LogP) is 3.76. The summed E-state index contributed by atoms with van der Waals surface area (Å²) in [5, 5.41) is 6.99. The molecule has 0 saturated heterocycles. The number of thiazole rings is 2. The maximum Gasteiger partial charge on any atom is 0.318 e. The van der Waals surface area contributed by atoms with E-state index in [0.717, 1.165) is 28.6 Å². The van der Waals surface area contributed by atoms with Gasteiger partial charge in [-0.15, -0.1) is 22.7 Å². The SMILES string of the molecule is CCc1cnc(CN(C)C(=O)N[C@H](CC)c2nc(C)cs2)s1. The molecule has 22 heavy (non-hydrogen) atoms. The van der Waals surface area contributed by atoms with Crippen LogP contribution in [0.1, 0.15) is 46.9 Å². The van der Waals surface area contributed by atoms with Gasteiger partial charge >= 0.3 is 6.03 Å². The largest absolute Gasteiger partial charge is 0.329 e. The molecular weight excluding hydrogens is 316 g/mol. The van der Waals surface area contributed by atoms with Gasteiger partial charge in [-0.1, -0.05) is 13.8 Å². The molecule has 0 spiro atoms. The number of rotatable bonds is 6. The quantitative estimate of drug-likeness (QED) is 0.872. The molecule has 0 aliphatic rings. The summed E-state index contributed by atoms with van der Waals surface area (Å²) in [6, 6.07) is -0.121. The van der Waals surface area contributed by atoms with Crippen LogP contribution in [-0.2, 0) is 13.0 Å². The molecule has 2 heterocycles. The molecule has 2 aromatic heterocycles. The van der Waals surface area contributed by atoms with E-state index in [-0.39, 0.29) is 12.1 Å². The second-order valence-corrected chi connectivity index (χ2v) is 7.26. The summed E-state index contributed by atoms with van der Waals surface area (Å²) < 4.78 is 0. The Kier molecular flexibility index (Phi) is 5.90. The lowest BCUT2D eigenvalue weighted by atomic mass is 10.2. The van der Waals surface area contributed by atoms with Crippen molar-refractivity contribution in [3.63, 3.8) is 0 Å². The Morgan fingerprint density at radius 3 is 2.77 bits per heavy atom. The molecule has 5 nitrogen and oxygen atoms in total. The van der Waals surface area contributed by atoms with Crippen molar-refractivity contribution in [1.29, 1.82) is 0 Å². The van der Waals surface area contributed by atoms with Gasteiger partial charge in [-0.2, -0.15) is 0 Å². The van der Waals surface area contributed by atoms with Crippen molar-refractivity contribution in [2.75, 3.05) is 7.05 Å². The highest BCUT2D eigenvalue weighted by Crippen LogP contribution is 2.21. The first-order valence-electron chi connectivity index (χ1n) is 7.40. The third kappa shape index (κ3) is 4.27. The van der Waals surface area contributed by atoms with Crippen LogP contribution in [0, 0.1) is 6.92 Å². The Balaban J connectivity index is 1.94. The van der Waals surface area contributed by atoms with Crippen molar-refractivity contribution >= 4 is 28.7 Å². The van der Waals surface area contributed by atoms with E-state index < -0.39 is 0 Å². The summed E-state index contributed by atoms with van der Waals surface area (Å²) in [6.45, 7) is 6.66. The van der Waals surface area contributed by atoms with Crippen LogP contribution in [0.15, 0.2) is 11.6 Å². The van der Waals surface area contributed by atoms with E-state index in [0.29, 0.717) is 6.54 Å². The molecule has 0 aliphatic heterocycles. The summed E-state index contributed by atoms with van der Waals surface area (Å²) in [5.41, 5.74) is 0.996. The maximum atomic E-state index is 12.3. The summed E-state index contributed by atoms with van der Waals surface area (Å²) in [7, 11) is 1.79. The standard InChI is InChI=1S/C15H22N4OS2/c1-5-11-7-16-13(22-11)8-19(4)15(20)18-12(6-2)14-17-10(3)9-21-14/h7,9,12H,5-6,8H2,1-4H3,(H,18,20)/t12-/m1/s1. The van der Waals surface area contributed by atoms with E-state index in [1.165, 1.54) is 4.88 Å². The number of nitrogens with one attached hydrogen (secondary N) is 1. The van der Waals surface area contributed by atoms with E-state index in [2.05, 4.69) is 29.1 Å². The molecule has 0 radical (unpaired) electrons. The maximum absolute atomic E-state index is 12.3. The Labute approximate surface area is 139 Å². The van der Waals surface area contributed by atoms with Crippen molar-refractivity contribution in [3.8, 4) is 0 Å². The van der Waals surface area contributed by atoms with E-state index >= 15 is 0 Å². The van der Waals surface area contributed by atoms with E-state index in [1.807, 2.05) is 18.5 Å². The smallest absolute Gasteiger partial charge is 0.318 e. The third-order valence-electron chi connectivity index (χ3n) is 3.31. The van der Waals surface area contributed by atoms with Gasteiger partial charge in [-0.25, -0.2) is 14.8 Å². The second kappa shape index (κ2) is 7.69. The van der Waals surface area contributed by atoms with Gasteiger partial charge in [0.15, 0.2) is 0 Å². The molecule has 120 valence electrons. The van der Waals surface area contributed by atoms with Crippen LogP contribution in [0.25, 0.3) is 0 Å². The molecule has 1 N–H and O–H groups in total. The van der Waals surface area contributed by atoms with Gasteiger partial charge in [0.05, 0.1) is 12.6 Å². The van der Waals surface area contributed by atoms with Gasteiger partial charge in [0, 0.05) is 29.2 Å². The van der Waals surface area contributed by atoms with Gasteiger partial charge < -0.3 is 10.2 Å². The number of aryl methyl sites for hydroxylation is 2. The van der Waals surface area contributed by atoms with E-state index in [1.54, 1.807) is 34.6 Å². The first-order valence-corrected chi connectivity index (χ1v) is 9.10. The van der Waals surface area contributed by atoms with Gasteiger partial charge in [0.2, 0.25) is 0 Å². The predicted molar refractivity (Wildman–Crippen MR) is 91.4 cm³/mol. The van der Waals surface area contributed by atoms with Gasteiger partial charge in [-0.05, 0) is 19.8 Å². The van der Waals surface area contributed by atoms with Crippen molar-refractivity contribution in [1.82, 2.24) is 20.2 Å². The Bertz CT molecular complexity index is 623. The zero-order valence-electron chi connectivity index (χ0n) is 13.4. The topological polar surface area (TPSA) is 58.1 Å².